The van der Waals surface area contributed by atoms with Gasteiger partial charge in [-0.1, -0.05) is 37.3 Å². The minimum absolute atomic E-state index is 0. The summed E-state index contributed by atoms with van der Waals surface area (Å²) in [5, 5.41) is 15.8. The second-order valence-corrected chi connectivity index (χ2v) is 6.08. The molecular weight excluding hydrogens is 340 g/mol. The van der Waals surface area contributed by atoms with Gasteiger partial charge in [-0.15, -0.1) is 22.6 Å². The summed E-state index contributed by atoms with van der Waals surface area (Å²) in [4.78, 5) is 16.1. The van der Waals surface area contributed by atoms with Gasteiger partial charge in [-0.25, -0.2) is 0 Å². The number of benzene rings is 1. The number of amides is 1. The van der Waals surface area contributed by atoms with E-state index in [9.17, 15) is 4.79 Å². The maximum Gasteiger partial charge on any atom is 0.246 e. The van der Waals surface area contributed by atoms with Crippen LogP contribution >= 0.6 is 12.4 Å². The molecule has 25 heavy (non-hydrogen) atoms. The van der Waals surface area contributed by atoms with E-state index in [4.69, 9.17) is 0 Å². The van der Waals surface area contributed by atoms with Crippen molar-refractivity contribution in [1.82, 2.24) is 30.4 Å². The fourth-order valence-electron chi connectivity index (χ4n) is 3.09. The molecule has 2 aromatic rings. The number of tetrazole rings is 1. The standard InChI is InChI=1S/C17H24N6O.ClH/c1-2-12-22(15-8-10-18-11-9-15)16(24)13-23-20-17(19-21-23)14-6-4-3-5-7-14;/h3-7,15,18H,2,8-13H2,1H3;1H. The molecule has 0 aliphatic carbocycles. The van der Waals surface area contributed by atoms with Crippen LogP contribution < -0.4 is 5.32 Å². The third kappa shape index (κ3) is 4.99. The topological polar surface area (TPSA) is 75.9 Å². The lowest BCUT2D eigenvalue weighted by molar-refractivity contribution is -0.135. The van der Waals surface area contributed by atoms with E-state index in [0.717, 1.165) is 44.5 Å². The number of rotatable bonds is 6. The van der Waals surface area contributed by atoms with Gasteiger partial charge in [0.05, 0.1) is 0 Å². The van der Waals surface area contributed by atoms with Crippen LogP contribution in [-0.2, 0) is 11.3 Å². The molecule has 8 heteroatoms. The quantitative estimate of drug-likeness (QED) is 0.845. The van der Waals surface area contributed by atoms with Crippen LogP contribution in [0, 0.1) is 0 Å². The summed E-state index contributed by atoms with van der Waals surface area (Å²) in [6.45, 7) is 4.96. The van der Waals surface area contributed by atoms with E-state index in [-0.39, 0.29) is 24.9 Å². The molecule has 0 unspecified atom stereocenters. The van der Waals surface area contributed by atoms with E-state index in [0.29, 0.717) is 11.9 Å². The van der Waals surface area contributed by atoms with Crippen LogP contribution in [0.15, 0.2) is 30.3 Å². The van der Waals surface area contributed by atoms with E-state index < -0.39 is 0 Å². The van der Waals surface area contributed by atoms with Crippen molar-refractivity contribution < 1.29 is 4.79 Å². The summed E-state index contributed by atoms with van der Waals surface area (Å²) in [5.74, 6) is 0.619. The van der Waals surface area contributed by atoms with Crippen molar-refractivity contribution in [3.05, 3.63) is 30.3 Å². The third-order valence-electron chi connectivity index (χ3n) is 4.30. The summed E-state index contributed by atoms with van der Waals surface area (Å²) in [5.41, 5.74) is 0.903. The van der Waals surface area contributed by atoms with E-state index in [1.165, 1.54) is 4.80 Å². The van der Waals surface area contributed by atoms with Crippen molar-refractivity contribution in [3.8, 4) is 11.4 Å². The van der Waals surface area contributed by atoms with E-state index in [1.807, 2.05) is 35.2 Å². The van der Waals surface area contributed by atoms with Gasteiger partial charge in [0.1, 0.15) is 6.54 Å². The Bertz CT molecular complexity index is 656. The second kappa shape index (κ2) is 9.48. The lowest BCUT2D eigenvalue weighted by atomic mass is 10.0. The molecule has 1 aromatic heterocycles. The van der Waals surface area contributed by atoms with E-state index >= 15 is 0 Å². The molecule has 1 amide bonds. The SMILES string of the molecule is CCCN(C(=O)Cn1nnc(-c2ccccc2)n1)C1CCNCC1.Cl. The summed E-state index contributed by atoms with van der Waals surface area (Å²) >= 11 is 0. The minimum atomic E-state index is 0. The molecule has 7 nitrogen and oxygen atoms in total. The number of aromatic nitrogens is 4. The summed E-state index contributed by atoms with van der Waals surface area (Å²) in [7, 11) is 0. The van der Waals surface area contributed by atoms with Gasteiger partial charge in [0, 0.05) is 18.2 Å². The number of piperidine rings is 1. The van der Waals surface area contributed by atoms with Crippen molar-refractivity contribution in [2.75, 3.05) is 19.6 Å². The zero-order chi connectivity index (χ0) is 16.8. The average Bonchev–Trinajstić information content (AvgIpc) is 3.09. The van der Waals surface area contributed by atoms with Crippen LogP contribution in [-0.4, -0.2) is 56.7 Å². The zero-order valence-corrected chi connectivity index (χ0v) is 15.3. The molecule has 0 spiro atoms. The number of hydrogen-bond donors (Lipinski definition) is 1. The van der Waals surface area contributed by atoms with Crippen LogP contribution in [0.25, 0.3) is 11.4 Å². The van der Waals surface area contributed by atoms with Crippen LogP contribution in [0.4, 0.5) is 0 Å². The molecule has 0 bridgehead atoms. The minimum Gasteiger partial charge on any atom is -0.338 e. The van der Waals surface area contributed by atoms with Crippen LogP contribution in [0.3, 0.4) is 0 Å². The van der Waals surface area contributed by atoms with Crippen molar-refractivity contribution in [3.63, 3.8) is 0 Å². The molecule has 1 fully saturated rings. The first-order chi connectivity index (χ1) is 11.8. The lowest BCUT2D eigenvalue weighted by Crippen LogP contribution is -2.47. The van der Waals surface area contributed by atoms with Gasteiger partial charge in [0.15, 0.2) is 0 Å². The molecule has 136 valence electrons. The van der Waals surface area contributed by atoms with Crippen molar-refractivity contribution in [1.29, 1.82) is 0 Å². The second-order valence-electron chi connectivity index (χ2n) is 6.08. The molecule has 0 radical (unpaired) electrons. The summed E-state index contributed by atoms with van der Waals surface area (Å²) < 4.78 is 0. The van der Waals surface area contributed by atoms with Gasteiger partial charge in [0.2, 0.25) is 11.7 Å². The molecule has 1 aliphatic rings. The van der Waals surface area contributed by atoms with Gasteiger partial charge >= 0.3 is 0 Å². The van der Waals surface area contributed by atoms with Gasteiger partial charge < -0.3 is 10.2 Å². The van der Waals surface area contributed by atoms with Crippen molar-refractivity contribution in [2.24, 2.45) is 0 Å². The monoisotopic (exact) mass is 364 g/mol. The van der Waals surface area contributed by atoms with E-state index in [2.05, 4.69) is 27.7 Å². The largest absolute Gasteiger partial charge is 0.338 e. The van der Waals surface area contributed by atoms with Crippen molar-refractivity contribution in [2.45, 2.75) is 38.8 Å². The lowest BCUT2D eigenvalue weighted by Gasteiger charge is -2.34. The molecule has 1 N–H and O–H groups in total. The zero-order valence-electron chi connectivity index (χ0n) is 14.5. The molecular formula is C17H25ClN6O. The Morgan fingerprint density at radius 2 is 2.00 bits per heavy atom. The average molecular weight is 365 g/mol. The number of nitrogens with zero attached hydrogens (tertiary/aromatic N) is 5. The highest BCUT2D eigenvalue weighted by Gasteiger charge is 2.25. The molecule has 0 saturated carbocycles. The molecule has 1 aliphatic heterocycles. The Labute approximate surface area is 154 Å². The number of carbonyl (C=O) groups excluding carboxylic acids is 1. The van der Waals surface area contributed by atoms with Gasteiger partial charge in [-0.2, -0.15) is 4.80 Å². The van der Waals surface area contributed by atoms with Crippen LogP contribution in [0.1, 0.15) is 26.2 Å². The van der Waals surface area contributed by atoms with Crippen LogP contribution in [0.5, 0.6) is 0 Å². The number of nitrogens with one attached hydrogen (secondary N) is 1. The first-order valence-corrected chi connectivity index (χ1v) is 8.61. The predicted molar refractivity (Wildman–Crippen MR) is 98.4 cm³/mol. The fraction of sp³-hybridized carbons (Fsp3) is 0.529. The molecule has 1 saturated heterocycles. The first kappa shape index (κ1) is 19.3. The first-order valence-electron chi connectivity index (χ1n) is 8.61. The van der Waals surface area contributed by atoms with Crippen LogP contribution in [0.2, 0.25) is 0 Å². The van der Waals surface area contributed by atoms with Crippen molar-refractivity contribution >= 4 is 18.3 Å². The maximum atomic E-state index is 12.7. The Morgan fingerprint density at radius 3 is 2.68 bits per heavy atom. The predicted octanol–water partition coefficient (Wildman–Crippen LogP) is 1.75. The third-order valence-corrected chi connectivity index (χ3v) is 4.30. The Balaban J connectivity index is 0.00000225. The molecule has 1 aromatic carbocycles. The Kier molecular flexibility index (Phi) is 7.33. The highest BCUT2D eigenvalue weighted by atomic mass is 35.5. The Morgan fingerprint density at radius 1 is 1.28 bits per heavy atom. The van der Waals surface area contributed by atoms with Gasteiger partial charge in [0.25, 0.3) is 0 Å². The molecule has 3 rings (SSSR count). The fourth-order valence-corrected chi connectivity index (χ4v) is 3.09. The summed E-state index contributed by atoms with van der Waals surface area (Å²) in [6.07, 6.45) is 2.97. The highest BCUT2D eigenvalue weighted by Crippen LogP contribution is 2.14. The van der Waals surface area contributed by atoms with E-state index in [1.54, 1.807) is 0 Å². The molecule has 0 atom stereocenters. The number of halogens is 1. The maximum absolute atomic E-state index is 12.7. The smallest absolute Gasteiger partial charge is 0.246 e. The number of hydrogen-bond acceptors (Lipinski definition) is 5. The van der Waals surface area contributed by atoms with Gasteiger partial charge in [-0.05, 0) is 37.6 Å². The molecule has 2 heterocycles. The number of carbonyl (C=O) groups is 1. The highest BCUT2D eigenvalue weighted by molar-refractivity contribution is 5.85. The normalized spacial score (nSPS) is 14.8. The van der Waals surface area contributed by atoms with Gasteiger partial charge in [-0.3, -0.25) is 4.79 Å². The summed E-state index contributed by atoms with van der Waals surface area (Å²) in [6, 6.07) is 9.99. The Hall–Kier alpha value is -1.99.